The summed E-state index contributed by atoms with van der Waals surface area (Å²) < 4.78 is 39.4. The molecule has 0 aliphatic rings. The van der Waals surface area contributed by atoms with E-state index in [0.29, 0.717) is 56.8 Å². The SMILES string of the molecule is CCCCOc1nc(N)c2[nH]c(=O)n(CCCN(CCCOS(C)(=O)=O)Cc3ccc(CC(=O)OC)cc3)c2n1. The molecule has 0 radical (unpaired) electrons. The van der Waals surface area contributed by atoms with Crippen LogP contribution in [-0.2, 0) is 43.3 Å². The second-order valence-corrected chi connectivity index (χ2v) is 11.1. The van der Waals surface area contributed by atoms with Gasteiger partial charge in [-0.05, 0) is 30.4 Å². The van der Waals surface area contributed by atoms with Crippen molar-refractivity contribution in [2.24, 2.45) is 0 Å². The molecule has 1 aromatic carbocycles. The van der Waals surface area contributed by atoms with E-state index in [4.69, 9.17) is 19.4 Å². The van der Waals surface area contributed by atoms with Crippen LogP contribution < -0.4 is 16.2 Å². The molecule has 0 amide bonds. The fourth-order valence-electron chi connectivity index (χ4n) is 4.09. The molecule has 0 aliphatic carbocycles. The number of nitrogen functional groups attached to an aromatic ring is 1. The molecule has 3 N–H and O–H groups in total. The zero-order valence-electron chi connectivity index (χ0n) is 23.2. The molecular formula is C26H38N6O7S. The van der Waals surface area contributed by atoms with Gasteiger partial charge in [-0.15, -0.1) is 0 Å². The molecule has 13 nitrogen and oxygen atoms in total. The Labute approximate surface area is 233 Å². The number of benzene rings is 1. The van der Waals surface area contributed by atoms with Crippen molar-refractivity contribution in [1.29, 1.82) is 0 Å². The number of fused-ring (bicyclic) bond motifs is 1. The van der Waals surface area contributed by atoms with Crippen LogP contribution in [0.25, 0.3) is 11.2 Å². The number of nitrogens with one attached hydrogen (secondary N) is 1. The van der Waals surface area contributed by atoms with Crippen molar-refractivity contribution in [1.82, 2.24) is 24.4 Å². The van der Waals surface area contributed by atoms with Crippen molar-refractivity contribution in [2.75, 3.05) is 45.4 Å². The van der Waals surface area contributed by atoms with E-state index in [1.165, 1.54) is 11.7 Å². The maximum atomic E-state index is 12.7. The monoisotopic (exact) mass is 578 g/mol. The van der Waals surface area contributed by atoms with E-state index in [-0.39, 0.29) is 36.5 Å². The Morgan fingerprint density at radius 1 is 1.07 bits per heavy atom. The van der Waals surface area contributed by atoms with E-state index in [1.807, 2.05) is 31.2 Å². The average molecular weight is 579 g/mol. The van der Waals surface area contributed by atoms with Crippen LogP contribution in [0.1, 0.15) is 43.7 Å². The van der Waals surface area contributed by atoms with Gasteiger partial charge in [0.15, 0.2) is 11.5 Å². The molecule has 3 aromatic rings. The van der Waals surface area contributed by atoms with Crippen LogP contribution in [0.3, 0.4) is 0 Å². The number of ether oxygens (including phenoxy) is 2. The second kappa shape index (κ2) is 14.8. The van der Waals surface area contributed by atoms with E-state index < -0.39 is 10.1 Å². The van der Waals surface area contributed by atoms with E-state index in [9.17, 15) is 18.0 Å². The third kappa shape index (κ3) is 9.61. The number of methoxy groups -OCH3 is 1. The van der Waals surface area contributed by atoms with Crippen LogP contribution in [0.15, 0.2) is 29.1 Å². The number of aryl methyl sites for hydroxylation is 1. The lowest BCUT2D eigenvalue weighted by Gasteiger charge is -2.22. The number of nitrogens with zero attached hydrogens (tertiary/aromatic N) is 4. The summed E-state index contributed by atoms with van der Waals surface area (Å²) in [5, 5.41) is 0. The van der Waals surface area contributed by atoms with Crippen molar-refractivity contribution in [3.05, 3.63) is 45.9 Å². The maximum absolute atomic E-state index is 12.7. The first-order valence-electron chi connectivity index (χ1n) is 13.2. The smallest absolute Gasteiger partial charge is 0.327 e. The zero-order chi connectivity index (χ0) is 29.1. The van der Waals surface area contributed by atoms with E-state index in [1.54, 1.807) is 0 Å². The van der Waals surface area contributed by atoms with Crippen molar-refractivity contribution in [3.63, 3.8) is 0 Å². The van der Waals surface area contributed by atoms with Crippen LogP contribution >= 0.6 is 0 Å². The van der Waals surface area contributed by atoms with Gasteiger partial charge in [0.25, 0.3) is 10.1 Å². The molecule has 0 spiro atoms. The fraction of sp³-hybridized carbons (Fsp3) is 0.538. The topological polar surface area (TPSA) is 172 Å². The zero-order valence-corrected chi connectivity index (χ0v) is 24.0. The standard InChI is InChI=1S/C26H38N6O7S/c1-4-5-15-38-25-29-23(27)22-24(30-25)32(26(34)28-22)14-6-12-31(13-7-16-39-40(3,35)36)18-20-10-8-19(9-11-20)17-21(33)37-2/h8-11H,4-7,12-18H2,1-3H3,(H,28,34)(H2,27,29,30). The van der Waals surface area contributed by atoms with Crippen LogP contribution in [0.4, 0.5) is 5.82 Å². The summed E-state index contributed by atoms with van der Waals surface area (Å²) in [6, 6.07) is 7.79. The number of anilines is 1. The molecule has 0 aliphatic heterocycles. The number of carbonyl (C=O) groups is 1. The molecule has 14 heteroatoms. The third-order valence-corrected chi connectivity index (χ3v) is 6.73. The normalized spacial score (nSPS) is 11.8. The molecule has 3 rings (SSSR count). The highest BCUT2D eigenvalue weighted by molar-refractivity contribution is 7.85. The summed E-state index contributed by atoms with van der Waals surface area (Å²) >= 11 is 0. The Balaban J connectivity index is 1.68. The summed E-state index contributed by atoms with van der Waals surface area (Å²) in [4.78, 5) is 37.7. The lowest BCUT2D eigenvalue weighted by atomic mass is 10.1. The molecule has 0 saturated carbocycles. The Morgan fingerprint density at radius 2 is 1.77 bits per heavy atom. The minimum Gasteiger partial charge on any atom is -0.469 e. The molecule has 2 aromatic heterocycles. The van der Waals surface area contributed by atoms with E-state index in [0.717, 1.165) is 30.2 Å². The predicted octanol–water partition coefficient (Wildman–Crippen LogP) is 1.85. The number of rotatable bonds is 17. The van der Waals surface area contributed by atoms with Crippen LogP contribution in [-0.4, -0.2) is 78.5 Å². The van der Waals surface area contributed by atoms with Gasteiger partial charge in [0.2, 0.25) is 0 Å². The Bertz CT molecular complexity index is 1420. The Kier molecular flexibility index (Phi) is 11.5. The Hall–Kier alpha value is -3.49. The second-order valence-electron chi connectivity index (χ2n) is 9.45. The molecule has 0 bridgehead atoms. The van der Waals surface area contributed by atoms with Crippen LogP contribution in [0.2, 0.25) is 0 Å². The van der Waals surface area contributed by atoms with Crippen molar-refractivity contribution < 1.29 is 26.9 Å². The molecule has 2 heterocycles. The van der Waals surface area contributed by atoms with Gasteiger partial charge in [0.1, 0.15) is 5.52 Å². The van der Waals surface area contributed by atoms with Gasteiger partial charge in [0, 0.05) is 26.2 Å². The average Bonchev–Trinajstić information content (AvgIpc) is 3.22. The number of hydrogen-bond acceptors (Lipinski definition) is 11. The van der Waals surface area contributed by atoms with Gasteiger partial charge in [-0.1, -0.05) is 37.6 Å². The number of hydrogen-bond donors (Lipinski definition) is 2. The maximum Gasteiger partial charge on any atom is 0.327 e. The summed E-state index contributed by atoms with van der Waals surface area (Å²) in [5.41, 5.74) is 8.34. The van der Waals surface area contributed by atoms with Crippen molar-refractivity contribution in [3.8, 4) is 6.01 Å². The van der Waals surface area contributed by atoms with E-state index in [2.05, 4.69) is 19.9 Å². The number of H-pyrrole nitrogens is 1. The number of esters is 1. The first-order chi connectivity index (χ1) is 19.1. The van der Waals surface area contributed by atoms with Gasteiger partial charge < -0.3 is 20.2 Å². The number of carbonyl (C=O) groups excluding carboxylic acids is 1. The molecule has 0 unspecified atom stereocenters. The van der Waals surface area contributed by atoms with Crippen molar-refractivity contribution in [2.45, 2.75) is 52.1 Å². The molecule has 40 heavy (non-hydrogen) atoms. The number of aromatic nitrogens is 4. The highest BCUT2D eigenvalue weighted by Gasteiger charge is 2.15. The minimum absolute atomic E-state index is 0.0757. The number of nitrogens with two attached hydrogens (primary N) is 1. The van der Waals surface area contributed by atoms with Crippen molar-refractivity contribution >= 4 is 33.1 Å². The molecule has 220 valence electrons. The van der Waals surface area contributed by atoms with Crippen LogP contribution in [0.5, 0.6) is 6.01 Å². The first-order valence-corrected chi connectivity index (χ1v) is 15.0. The highest BCUT2D eigenvalue weighted by atomic mass is 32.2. The highest BCUT2D eigenvalue weighted by Crippen LogP contribution is 2.18. The van der Waals surface area contributed by atoms with Gasteiger partial charge in [-0.3, -0.25) is 18.4 Å². The van der Waals surface area contributed by atoms with Gasteiger partial charge in [-0.25, -0.2) is 4.79 Å². The summed E-state index contributed by atoms with van der Waals surface area (Å²) in [7, 11) is -2.16. The third-order valence-electron chi connectivity index (χ3n) is 6.14. The first kappa shape index (κ1) is 31.0. The predicted molar refractivity (Wildman–Crippen MR) is 150 cm³/mol. The number of unbranched alkanes of at least 4 members (excludes halogenated alkanes) is 1. The summed E-state index contributed by atoms with van der Waals surface area (Å²) in [6.07, 6.45) is 4.14. The fourth-order valence-corrected chi connectivity index (χ4v) is 4.51. The van der Waals surface area contributed by atoms with E-state index >= 15 is 0 Å². The molecule has 0 atom stereocenters. The quantitative estimate of drug-likeness (QED) is 0.136. The molecular weight excluding hydrogens is 540 g/mol. The Morgan fingerprint density at radius 3 is 2.45 bits per heavy atom. The van der Waals surface area contributed by atoms with Gasteiger partial charge in [-0.2, -0.15) is 18.4 Å². The summed E-state index contributed by atoms with van der Waals surface area (Å²) in [6.45, 7) is 4.73. The number of aromatic amines is 1. The van der Waals surface area contributed by atoms with Crippen LogP contribution in [0, 0.1) is 0 Å². The largest absolute Gasteiger partial charge is 0.469 e. The lowest BCUT2D eigenvalue weighted by molar-refractivity contribution is -0.139. The molecule has 0 fully saturated rings. The number of imidazole rings is 1. The van der Waals surface area contributed by atoms with Gasteiger partial charge >= 0.3 is 17.7 Å². The minimum atomic E-state index is -3.52. The van der Waals surface area contributed by atoms with Gasteiger partial charge in [0.05, 0.1) is 33.0 Å². The molecule has 0 saturated heterocycles. The lowest BCUT2D eigenvalue weighted by Crippen LogP contribution is -2.28. The summed E-state index contributed by atoms with van der Waals surface area (Å²) in [5.74, 6) is -0.157.